The molecule has 0 bridgehead atoms. The van der Waals surface area contributed by atoms with Gasteiger partial charge in [-0.3, -0.25) is 4.98 Å². The van der Waals surface area contributed by atoms with Crippen LogP contribution >= 0.6 is 11.6 Å². The van der Waals surface area contributed by atoms with Crippen LogP contribution < -0.4 is 0 Å². The number of aliphatic hydroxyl groups excluding tert-OH is 1. The Bertz CT molecular complexity index is 543. The second kappa shape index (κ2) is 4.82. The zero-order chi connectivity index (χ0) is 12.4. The molecule has 1 atom stereocenters. The van der Waals surface area contributed by atoms with Gasteiger partial charge in [0, 0.05) is 0 Å². The Balaban J connectivity index is 2.44. The van der Waals surface area contributed by atoms with Gasteiger partial charge in [-0.15, -0.1) is 0 Å². The van der Waals surface area contributed by atoms with Crippen molar-refractivity contribution in [2.24, 2.45) is 0 Å². The molecule has 0 aliphatic heterocycles. The first-order chi connectivity index (χ1) is 8.09. The van der Waals surface area contributed by atoms with E-state index in [0.29, 0.717) is 16.5 Å². The predicted octanol–water partition coefficient (Wildman–Crippen LogP) is 2.83. The van der Waals surface area contributed by atoms with Crippen LogP contribution in [0.25, 0.3) is 0 Å². The van der Waals surface area contributed by atoms with Crippen LogP contribution in [-0.2, 0) is 0 Å². The summed E-state index contributed by atoms with van der Waals surface area (Å²) in [4.78, 5) is 8.24. The zero-order valence-electron chi connectivity index (χ0n) is 9.68. The van der Waals surface area contributed by atoms with Crippen LogP contribution in [0.15, 0.2) is 30.5 Å². The summed E-state index contributed by atoms with van der Waals surface area (Å²) < 4.78 is 0. The van der Waals surface area contributed by atoms with Gasteiger partial charge in [0.25, 0.3) is 0 Å². The van der Waals surface area contributed by atoms with Gasteiger partial charge in [-0.25, -0.2) is 4.98 Å². The molecule has 4 heteroatoms. The van der Waals surface area contributed by atoms with E-state index in [2.05, 4.69) is 9.97 Å². The first kappa shape index (κ1) is 12.0. The van der Waals surface area contributed by atoms with Crippen molar-refractivity contribution in [3.05, 3.63) is 58.1 Å². The molecule has 1 N–H and O–H groups in total. The highest BCUT2D eigenvalue weighted by Gasteiger charge is 2.17. The quantitative estimate of drug-likeness (QED) is 0.889. The number of hydrogen-bond donors (Lipinski definition) is 1. The summed E-state index contributed by atoms with van der Waals surface area (Å²) in [5.41, 5.74) is 3.06. The summed E-state index contributed by atoms with van der Waals surface area (Å²) in [6.45, 7) is 3.74. The van der Waals surface area contributed by atoms with Crippen LogP contribution in [0, 0.1) is 13.8 Å². The van der Waals surface area contributed by atoms with Crippen molar-refractivity contribution in [1.82, 2.24) is 9.97 Å². The third kappa shape index (κ3) is 2.46. The number of rotatable bonds is 2. The van der Waals surface area contributed by atoms with Crippen molar-refractivity contribution in [2.45, 2.75) is 20.0 Å². The fraction of sp³-hybridized carbons (Fsp3) is 0.231. The summed E-state index contributed by atoms with van der Waals surface area (Å²) in [7, 11) is 0. The largest absolute Gasteiger partial charge is 0.382 e. The highest BCUT2D eigenvalue weighted by atomic mass is 35.5. The number of aromatic nitrogens is 2. The molecule has 0 aliphatic rings. The van der Waals surface area contributed by atoms with Gasteiger partial charge in [0.2, 0.25) is 0 Å². The Labute approximate surface area is 105 Å². The first-order valence-electron chi connectivity index (χ1n) is 5.32. The van der Waals surface area contributed by atoms with Gasteiger partial charge in [-0.2, -0.15) is 0 Å². The maximum atomic E-state index is 10.3. The minimum Gasteiger partial charge on any atom is -0.382 e. The molecular formula is C13H13ClN2O. The molecule has 0 saturated carbocycles. The van der Waals surface area contributed by atoms with E-state index in [1.54, 1.807) is 6.92 Å². The summed E-state index contributed by atoms with van der Waals surface area (Å²) >= 11 is 5.74. The predicted molar refractivity (Wildman–Crippen MR) is 67.0 cm³/mol. The van der Waals surface area contributed by atoms with Crippen LogP contribution in [0.2, 0.25) is 5.15 Å². The Morgan fingerprint density at radius 3 is 2.59 bits per heavy atom. The van der Waals surface area contributed by atoms with Crippen LogP contribution in [0.3, 0.4) is 0 Å². The molecule has 2 rings (SSSR count). The standard InChI is InChI=1S/C13H13ClN2O/c1-8-5-3-4-6-10(8)13(17)12-9(2)16-11(14)7-15-12/h3-7,13,17H,1-2H3. The maximum Gasteiger partial charge on any atom is 0.147 e. The Morgan fingerprint density at radius 1 is 1.24 bits per heavy atom. The number of aryl methyl sites for hydroxylation is 2. The molecule has 0 amide bonds. The van der Waals surface area contributed by atoms with Crippen molar-refractivity contribution >= 4 is 11.6 Å². The van der Waals surface area contributed by atoms with Gasteiger partial charge in [-0.1, -0.05) is 35.9 Å². The van der Waals surface area contributed by atoms with Crippen molar-refractivity contribution in [3.8, 4) is 0 Å². The molecule has 0 aliphatic carbocycles. The fourth-order valence-corrected chi connectivity index (χ4v) is 1.95. The van der Waals surface area contributed by atoms with E-state index in [0.717, 1.165) is 11.1 Å². The summed E-state index contributed by atoms with van der Waals surface area (Å²) in [6.07, 6.45) is 0.687. The van der Waals surface area contributed by atoms with Crippen LogP contribution in [0.5, 0.6) is 0 Å². The topological polar surface area (TPSA) is 46.0 Å². The van der Waals surface area contributed by atoms with Crippen molar-refractivity contribution in [2.75, 3.05) is 0 Å². The lowest BCUT2D eigenvalue weighted by Gasteiger charge is -2.14. The molecule has 1 aromatic heterocycles. The highest BCUT2D eigenvalue weighted by Crippen LogP contribution is 2.25. The van der Waals surface area contributed by atoms with E-state index in [1.807, 2.05) is 31.2 Å². The normalized spacial score (nSPS) is 12.5. The van der Waals surface area contributed by atoms with E-state index >= 15 is 0 Å². The van der Waals surface area contributed by atoms with Crippen LogP contribution in [0.1, 0.15) is 28.6 Å². The van der Waals surface area contributed by atoms with E-state index in [-0.39, 0.29) is 0 Å². The van der Waals surface area contributed by atoms with Gasteiger partial charge in [0.15, 0.2) is 0 Å². The second-order valence-corrected chi connectivity index (χ2v) is 4.31. The van der Waals surface area contributed by atoms with Crippen LogP contribution in [-0.4, -0.2) is 15.1 Å². The highest BCUT2D eigenvalue weighted by molar-refractivity contribution is 6.29. The summed E-state index contributed by atoms with van der Waals surface area (Å²) in [5.74, 6) is 0. The average molecular weight is 249 g/mol. The molecular weight excluding hydrogens is 236 g/mol. The Morgan fingerprint density at radius 2 is 1.94 bits per heavy atom. The molecule has 0 fully saturated rings. The van der Waals surface area contributed by atoms with E-state index in [1.165, 1.54) is 6.20 Å². The lowest BCUT2D eigenvalue weighted by Crippen LogP contribution is -2.07. The average Bonchev–Trinajstić information content (AvgIpc) is 2.29. The van der Waals surface area contributed by atoms with Crippen LogP contribution in [0.4, 0.5) is 0 Å². The minimum absolute atomic E-state index is 0.336. The second-order valence-electron chi connectivity index (χ2n) is 3.92. The lowest BCUT2D eigenvalue weighted by atomic mass is 10.0. The van der Waals surface area contributed by atoms with Gasteiger partial charge in [-0.05, 0) is 25.0 Å². The Hall–Kier alpha value is -1.45. The first-order valence-corrected chi connectivity index (χ1v) is 5.70. The third-order valence-electron chi connectivity index (χ3n) is 2.70. The van der Waals surface area contributed by atoms with Gasteiger partial charge >= 0.3 is 0 Å². The molecule has 3 nitrogen and oxygen atoms in total. The summed E-state index contributed by atoms with van der Waals surface area (Å²) in [5, 5.41) is 10.6. The van der Waals surface area contributed by atoms with Crippen molar-refractivity contribution < 1.29 is 5.11 Å². The Kier molecular flexibility index (Phi) is 3.41. The van der Waals surface area contributed by atoms with Crippen molar-refractivity contribution in [3.63, 3.8) is 0 Å². The van der Waals surface area contributed by atoms with E-state index in [9.17, 15) is 5.11 Å². The molecule has 0 radical (unpaired) electrons. The molecule has 1 heterocycles. The molecule has 1 unspecified atom stereocenters. The number of benzene rings is 1. The van der Waals surface area contributed by atoms with E-state index in [4.69, 9.17) is 11.6 Å². The number of halogens is 1. The molecule has 0 saturated heterocycles. The molecule has 17 heavy (non-hydrogen) atoms. The number of nitrogens with zero attached hydrogens (tertiary/aromatic N) is 2. The molecule has 0 spiro atoms. The molecule has 88 valence electrons. The summed E-state index contributed by atoms with van der Waals surface area (Å²) in [6, 6.07) is 7.67. The van der Waals surface area contributed by atoms with Gasteiger partial charge in [0.05, 0.1) is 17.6 Å². The smallest absolute Gasteiger partial charge is 0.147 e. The number of hydrogen-bond acceptors (Lipinski definition) is 3. The maximum absolute atomic E-state index is 10.3. The third-order valence-corrected chi connectivity index (χ3v) is 2.88. The number of aliphatic hydroxyl groups is 1. The molecule has 1 aromatic carbocycles. The lowest BCUT2D eigenvalue weighted by molar-refractivity contribution is 0.213. The van der Waals surface area contributed by atoms with Gasteiger partial charge < -0.3 is 5.11 Å². The zero-order valence-corrected chi connectivity index (χ0v) is 10.4. The monoisotopic (exact) mass is 248 g/mol. The minimum atomic E-state index is -0.763. The van der Waals surface area contributed by atoms with Crippen molar-refractivity contribution in [1.29, 1.82) is 0 Å². The SMILES string of the molecule is Cc1ccccc1C(O)c1ncc(Cl)nc1C. The van der Waals surface area contributed by atoms with Gasteiger partial charge in [0.1, 0.15) is 11.3 Å². The molecule has 2 aromatic rings. The van der Waals surface area contributed by atoms with E-state index < -0.39 is 6.10 Å². The fourth-order valence-electron chi connectivity index (χ4n) is 1.77.